The summed E-state index contributed by atoms with van der Waals surface area (Å²) >= 11 is 12.1. The highest BCUT2D eigenvalue weighted by molar-refractivity contribution is 6.38. The van der Waals surface area contributed by atoms with Crippen LogP contribution in [-0.4, -0.2) is 18.7 Å². The highest BCUT2D eigenvalue weighted by Gasteiger charge is 2.27. The first-order valence-electron chi connectivity index (χ1n) is 6.58. The number of carbonyl (C=O) groups excluding carboxylic acids is 1. The Morgan fingerprint density at radius 3 is 2.50 bits per heavy atom. The van der Waals surface area contributed by atoms with E-state index in [2.05, 4.69) is 5.10 Å². The molecule has 2 aromatic rings. The lowest BCUT2D eigenvalue weighted by atomic mass is 10.1. The second-order valence-corrected chi connectivity index (χ2v) is 5.59. The van der Waals surface area contributed by atoms with Crippen molar-refractivity contribution >= 4 is 40.5 Å². The van der Waals surface area contributed by atoms with Crippen LogP contribution in [0.3, 0.4) is 0 Å². The summed E-state index contributed by atoms with van der Waals surface area (Å²) in [5.41, 5.74) is 2.03. The molecule has 0 atom stereocenters. The molecule has 4 nitrogen and oxygen atoms in total. The van der Waals surface area contributed by atoms with Crippen molar-refractivity contribution < 1.29 is 9.53 Å². The van der Waals surface area contributed by atoms with Gasteiger partial charge in [0.1, 0.15) is 5.75 Å². The van der Waals surface area contributed by atoms with Crippen LogP contribution in [0.5, 0.6) is 5.75 Å². The topological polar surface area (TPSA) is 41.9 Å². The molecule has 0 radical (unpaired) electrons. The lowest BCUT2D eigenvalue weighted by Gasteiger charge is -2.11. The third-order valence-electron chi connectivity index (χ3n) is 3.33. The molecule has 2 aromatic carbocycles. The minimum atomic E-state index is -0.105. The number of hydrogen-bond acceptors (Lipinski definition) is 3. The standard InChI is InChI=1S/C16H12Cl2N2O2/c1-22-12-5-3-11(4-6-12)20-16(21)9-15(19-20)13-7-2-10(17)8-14(13)18/h2-8H,9H2,1H3. The number of nitrogens with zero attached hydrogens (tertiary/aromatic N) is 2. The van der Waals surface area contributed by atoms with Crippen LogP contribution in [0.2, 0.25) is 10.0 Å². The first kappa shape index (κ1) is 14.9. The van der Waals surface area contributed by atoms with Crippen molar-refractivity contribution in [1.82, 2.24) is 0 Å². The van der Waals surface area contributed by atoms with Gasteiger partial charge in [0, 0.05) is 10.6 Å². The molecule has 0 spiro atoms. The van der Waals surface area contributed by atoms with Gasteiger partial charge in [-0.15, -0.1) is 0 Å². The molecule has 3 rings (SSSR count). The number of amides is 1. The van der Waals surface area contributed by atoms with E-state index < -0.39 is 0 Å². The van der Waals surface area contributed by atoms with Crippen molar-refractivity contribution in [3.8, 4) is 5.75 Å². The number of benzene rings is 2. The maximum absolute atomic E-state index is 12.2. The van der Waals surface area contributed by atoms with Crippen LogP contribution >= 0.6 is 23.2 Å². The van der Waals surface area contributed by atoms with E-state index in [1.165, 1.54) is 5.01 Å². The minimum Gasteiger partial charge on any atom is -0.497 e. The van der Waals surface area contributed by atoms with Gasteiger partial charge in [0.2, 0.25) is 0 Å². The Morgan fingerprint density at radius 1 is 1.14 bits per heavy atom. The van der Waals surface area contributed by atoms with E-state index in [0.29, 0.717) is 21.4 Å². The average Bonchev–Trinajstić information content (AvgIpc) is 2.89. The van der Waals surface area contributed by atoms with E-state index in [0.717, 1.165) is 11.3 Å². The van der Waals surface area contributed by atoms with Crippen LogP contribution in [0.25, 0.3) is 0 Å². The van der Waals surface area contributed by atoms with E-state index in [1.54, 1.807) is 49.6 Å². The molecule has 0 saturated carbocycles. The van der Waals surface area contributed by atoms with Gasteiger partial charge in [-0.2, -0.15) is 5.10 Å². The van der Waals surface area contributed by atoms with Gasteiger partial charge in [0.05, 0.1) is 30.0 Å². The maximum Gasteiger partial charge on any atom is 0.253 e. The van der Waals surface area contributed by atoms with Gasteiger partial charge in [-0.05, 0) is 36.4 Å². The summed E-state index contributed by atoms with van der Waals surface area (Å²) in [5, 5.41) is 6.79. The third-order valence-corrected chi connectivity index (χ3v) is 3.88. The van der Waals surface area contributed by atoms with E-state index in [1.807, 2.05) is 0 Å². The van der Waals surface area contributed by atoms with Crippen molar-refractivity contribution in [2.24, 2.45) is 5.10 Å². The summed E-state index contributed by atoms with van der Waals surface area (Å²) in [6.45, 7) is 0. The van der Waals surface area contributed by atoms with Crippen LogP contribution in [0.4, 0.5) is 5.69 Å². The Bertz CT molecular complexity index is 757. The van der Waals surface area contributed by atoms with Crippen molar-refractivity contribution in [3.05, 3.63) is 58.1 Å². The van der Waals surface area contributed by atoms with Gasteiger partial charge in [-0.25, -0.2) is 5.01 Å². The number of methoxy groups -OCH3 is 1. The van der Waals surface area contributed by atoms with Gasteiger partial charge in [-0.1, -0.05) is 29.3 Å². The predicted molar refractivity (Wildman–Crippen MR) is 88.1 cm³/mol. The van der Waals surface area contributed by atoms with Crippen molar-refractivity contribution in [2.45, 2.75) is 6.42 Å². The Kier molecular flexibility index (Phi) is 4.05. The van der Waals surface area contributed by atoms with E-state index in [4.69, 9.17) is 27.9 Å². The fourth-order valence-electron chi connectivity index (χ4n) is 2.23. The molecule has 112 valence electrons. The van der Waals surface area contributed by atoms with Gasteiger partial charge in [-0.3, -0.25) is 4.79 Å². The molecule has 1 amide bonds. The zero-order chi connectivity index (χ0) is 15.7. The molecule has 0 N–H and O–H groups in total. The summed E-state index contributed by atoms with van der Waals surface area (Å²) in [6.07, 6.45) is 0.202. The SMILES string of the molecule is COc1ccc(N2N=C(c3ccc(Cl)cc3Cl)CC2=O)cc1. The lowest BCUT2D eigenvalue weighted by Crippen LogP contribution is -2.19. The molecule has 1 aliphatic rings. The van der Waals surface area contributed by atoms with Crippen molar-refractivity contribution in [1.29, 1.82) is 0 Å². The molecule has 0 saturated heterocycles. The van der Waals surface area contributed by atoms with Gasteiger partial charge in [0.25, 0.3) is 5.91 Å². The third kappa shape index (κ3) is 2.80. The molecule has 6 heteroatoms. The molecule has 0 aromatic heterocycles. The number of hydrogen-bond donors (Lipinski definition) is 0. The van der Waals surface area contributed by atoms with Gasteiger partial charge >= 0.3 is 0 Å². The minimum absolute atomic E-state index is 0.105. The zero-order valence-corrected chi connectivity index (χ0v) is 13.2. The summed E-state index contributed by atoms with van der Waals surface area (Å²) in [7, 11) is 1.59. The average molecular weight is 335 g/mol. The van der Waals surface area contributed by atoms with E-state index in [9.17, 15) is 4.79 Å². The number of rotatable bonds is 3. The van der Waals surface area contributed by atoms with Crippen LogP contribution in [0.15, 0.2) is 47.6 Å². The Morgan fingerprint density at radius 2 is 1.86 bits per heavy atom. The highest BCUT2D eigenvalue weighted by Crippen LogP contribution is 2.28. The maximum atomic E-state index is 12.2. The van der Waals surface area contributed by atoms with Crippen LogP contribution in [0, 0.1) is 0 Å². The number of ether oxygens (including phenoxy) is 1. The lowest BCUT2D eigenvalue weighted by molar-refractivity contribution is -0.116. The molecule has 0 fully saturated rings. The number of carbonyl (C=O) groups is 1. The molecule has 1 heterocycles. The van der Waals surface area contributed by atoms with Crippen molar-refractivity contribution in [3.63, 3.8) is 0 Å². The van der Waals surface area contributed by atoms with Crippen LogP contribution in [0.1, 0.15) is 12.0 Å². The molecular formula is C16H12Cl2N2O2. The normalized spacial score (nSPS) is 14.2. The first-order valence-corrected chi connectivity index (χ1v) is 7.34. The number of hydrazone groups is 1. The predicted octanol–water partition coefficient (Wildman–Crippen LogP) is 4.14. The van der Waals surface area contributed by atoms with Crippen LogP contribution < -0.4 is 9.75 Å². The Labute approximate surface area is 137 Å². The summed E-state index contributed by atoms with van der Waals surface area (Å²) in [6, 6.07) is 12.3. The highest BCUT2D eigenvalue weighted by atomic mass is 35.5. The second kappa shape index (κ2) is 5.99. The molecule has 0 bridgehead atoms. The van der Waals surface area contributed by atoms with Gasteiger partial charge < -0.3 is 4.74 Å². The van der Waals surface area contributed by atoms with E-state index in [-0.39, 0.29) is 12.3 Å². The van der Waals surface area contributed by atoms with E-state index >= 15 is 0 Å². The Hall–Kier alpha value is -2.04. The molecular weight excluding hydrogens is 323 g/mol. The Balaban J connectivity index is 1.93. The fraction of sp³-hybridized carbons (Fsp3) is 0.125. The zero-order valence-electron chi connectivity index (χ0n) is 11.7. The molecule has 1 aliphatic heterocycles. The largest absolute Gasteiger partial charge is 0.497 e. The quantitative estimate of drug-likeness (QED) is 0.846. The summed E-state index contributed by atoms with van der Waals surface area (Å²) in [4.78, 5) is 12.2. The number of anilines is 1. The molecule has 0 aliphatic carbocycles. The molecule has 22 heavy (non-hydrogen) atoms. The molecule has 0 unspecified atom stereocenters. The summed E-state index contributed by atoms with van der Waals surface area (Å²) < 4.78 is 5.11. The second-order valence-electron chi connectivity index (χ2n) is 4.75. The fourth-order valence-corrected chi connectivity index (χ4v) is 2.75. The monoisotopic (exact) mass is 334 g/mol. The number of halogens is 2. The van der Waals surface area contributed by atoms with Crippen molar-refractivity contribution in [2.75, 3.05) is 12.1 Å². The first-order chi connectivity index (χ1) is 10.6. The van der Waals surface area contributed by atoms with Gasteiger partial charge in [0.15, 0.2) is 0 Å². The summed E-state index contributed by atoms with van der Waals surface area (Å²) in [5.74, 6) is 0.617. The smallest absolute Gasteiger partial charge is 0.253 e. The van der Waals surface area contributed by atoms with Crippen LogP contribution in [-0.2, 0) is 4.79 Å².